The molecular weight excluding hydrogens is 236 g/mol. The van der Waals surface area contributed by atoms with Crippen molar-refractivity contribution in [1.29, 1.82) is 0 Å². The van der Waals surface area contributed by atoms with Gasteiger partial charge in [0.15, 0.2) is 0 Å². The van der Waals surface area contributed by atoms with Crippen molar-refractivity contribution in [1.82, 2.24) is 5.32 Å². The van der Waals surface area contributed by atoms with Crippen LogP contribution in [-0.4, -0.2) is 22.5 Å². The molecule has 0 bridgehead atoms. The van der Waals surface area contributed by atoms with E-state index < -0.39 is 16.9 Å². The molecule has 18 heavy (non-hydrogen) atoms. The van der Waals surface area contributed by atoms with E-state index in [4.69, 9.17) is 5.11 Å². The minimum atomic E-state index is -1.05. The zero-order chi connectivity index (χ0) is 13.7. The Labute approximate surface area is 105 Å². The van der Waals surface area contributed by atoms with Crippen molar-refractivity contribution in [2.45, 2.75) is 19.9 Å². The van der Waals surface area contributed by atoms with Crippen molar-refractivity contribution < 1.29 is 14.8 Å². The molecule has 0 heterocycles. The van der Waals surface area contributed by atoms with Crippen LogP contribution in [0.15, 0.2) is 24.3 Å². The summed E-state index contributed by atoms with van der Waals surface area (Å²) in [6.07, 6.45) is 0. The Morgan fingerprint density at radius 1 is 1.50 bits per heavy atom. The number of benzene rings is 1. The number of rotatable bonds is 6. The number of carbonyl (C=O) groups is 1. The average Bonchev–Trinajstić information content (AvgIpc) is 2.28. The number of carboxylic acids is 1. The van der Waals surface area contributed by atoms with Crippen LogP contribution in [0.5, 0.6) is 0 Å². The summed E-state index contributed by atoms with van der Waals surface area (Å²) in [6, 6.07) is 4.75. The van der Waals surface area contributed by atoms with Gasteiger partial charge in [-0.3, -0.25) is 14.9 Å². The summed E-state index contributed by atoms with van der Waals surface area (Å²) < 4.78 is 0. The third-order valence-corrected chi connectivity index (χ3v) is 2.39. The number of nitrogens with one attached hydrogen (secondary N) is 1. The van der Waals surface area contributed by atoms with E-state index in [0.29, 0.717) is 18.0 Å². The zero-order valence-electron chi connectivity index (χ0n) is 10.3. The Bertz CT molecular complexity index is 445. The molecule has 0 amide bonds. The van der Waals surface area contributed by atoms with Crippen LogP contribution in [0.2, 0.25) is 0 Å². The third kappa shape index (κ3) is 3.81. The van der Waals surface area contributed by atoms with Gasteiger partial charge in [-0.25, -0.2) is 0 Å². The lowest BCUT2D eigenvalue weighted by atomic mass is 10.1. The molecule has 0 radical (unpaired) electrons. The van der Waals surface area contributed by atoms with Crippen LogP contribution in [-0.2, 0) is 4.79 Å². The first-order valence-corrected chi connectivity index (χ1v) is 5.62. The molecule has 2 N–H and O–H groups in total. The molecule has 1 aromatic carbocycles. The van der Waals surface area contributed by atoms with Gasteiger partial charge in [-0.05, 0) is 18.0 Å². The number of non-ortho nitro benzene ring substituents is 1. The first-order chi connectivity index (χ1) is 8.41. The van der Waals surface area contributed by atoms with Gasteiger partial charge in [-0.1, -0.05) is 26.0 Å². The molecule has 1 unspecified atom stereocenters. The minimum Gasteiger partial charge on any atom is -0.480 e. The Hall–Kier alpha value is -1.95. The second-order valence-corrected chi connectivity index (χ2v) is 4.43. The van der Waals surface area contributed by atoms with Crippen molar-refractivity contribution in [2.24, 2.45) is 5.92 Å². The fraction of sp³-hybridized carbons (Fsp3) is 0.417. The molecule has 0 fully saturated rings. The van der Waals surface area contributed by atoms with Crippen LogP contribution in [0.3, 0.4) is 0 Å². The summed E-state index contributed by atoms with van der Waals surface area (Å²) >= 11 is 0. The Morgan fingerprint density at radius 2 is 2.17 bits per heavy atom. The third-order valence-electron chi connectivity index (χ3n) is 2.39. The molecule has 0 aliphatic heterocycles. The van der Waals surface area contributed by atoms with E-state index in [1.54, 1.807) is 6.07 Å². The van der Waals surface area contributed by atoms with Crippen LogP contribution in [0.1, 0.15) is 25.5 Å². The van der Waals surface area contributed by atoms with Gasteiger partial charge in [-0.15, -0.1) is 0 Å². The van der Waals surface area contributed by atoms with Crippen molar-refractivity contribution in [3.63, 3.8) is 0 Å². The first kappa shape index (κ1) is 14.1. The van der Waals surface area contributed by atoms with Gasteiger partial charge >= 0.3 is 5.97 Å². The molecule has 0 saturated heterocycles. The monoisotopic (exact) mass is 252 g/mol. The van der Waals surface area contributed by atoms with E-state index in [1.165, 1.54) is 18.2 Å². The Balaban J connectivity index is 2.95. The van der Waals surface area contributed by atoms with Crippen LogP contribution < -0.4 is 5.32 Å². The van der Waals surface area contributed by atoms with Gasteiger partial charge in [0.05, 0.1) is 4.92 Å². The highest BCUT2D eigenvalue weighted by molar-refractivity contribution is 5.75. The van der Waals surface area contributed by atoms with Gasteiger partial charge in [0.25, 0.3) is 5.69 Å². The van der Waals surface area contributed by atoms with Crippen LogP contribution >= 0.6 is 0 Å². The van der Waals surface area contributed by atoms with Crippen LogP contribution in [0.4, 0.5) is 5.69 Å². The first-order valence-electron chi connectivity index (χ1n) is 5.62. The summed E-state index contributed by atoms with van der Waals surface area (Å²) in [6.45, 7) is 4.44. The fourth-order valence-corrected chi connectivity index (χ4v) is 1.52. The Morgan fingerprint density at radius 3 is 2.67 bits per heavy atom. The number of carboxylic acid groups (broad SMARTS) is 1. The maximum absolute atomic E-state index is 11.2. The molecule has 0 spiro atoms. The van der Waals surface area contributed by atoms with E-state index in [2.05, 4.69) is 5.32 Å². The second-order valence-electron chi connectivity index (χ2n) is 4.43. The van der Waals surface area contributed by atoms with Gasteiger partial charge in [0, 0.05) is 12.1 Å². The smallest absolute Gasteiger partial charge is 0.325 e. The molecule has 98 valence electrons. The van der Waals surface area contributed by atoms with E-state index in [1.807, 2.05) is 13.8 Å². The predicted octanol–water partition coefficient (Wildman–Crippen LogP) is 1.97. The summed E-state index contributed by atoms with van der Waals surface area (Å²) in [5, 5.41) is 22.7. The highest BCUT2D eigenvalue weighted by Gasteiger charge is 2.21. The van der Waals surface area contributed by atoms with Gasteiger partial charge in [0.1, 0.15) is 6.04 Å². The maximum atomic E-state index is 11.2. The molecule has 0 aliphatic carbocycles. The van der Waals surface area contributed by atoms with E-state index in [0.717, 1.165) is 0 Å². The molecule has 0 aromatic heterocycles. The summed E-state index contributed by atoms with van der Waals surface area (Å²) in [4.78, 5) is 21.3. The summed E-state index contributed by atoms with van der Waals surface area (Å²) in [7, 11) is 0. The average molecular weight is 252 g/mol. The van der Waals surface area contributed by atoms with E-state index >= 15 is 0 Å². The van der Waals surface area contributed by atoms with E-state index in [-0.39, 0.29) is 5.69 Å². The summed E-state index contributed by atoms with van der Waals surface area (Å²) in [5.41, 5.74) is 0.280. The van der Waals surface area contributed by atoms with Crippen molar-refractivity contribution in [3.05, 3.63) is 39.9 Å². The van der Waals surface area contributed by atoms with Gasteiger partial charge < -0.3 is 10.4 Å². The lowest BCUT2D eigenvalue weighted by Crippen LogP contribution is -2.31. The molecule has 6 heteroatoms. The van der Waals surface area contributed by atoms with Gasteiger partial charge in [0.2, 0.25) is 0 Å². The van der Waals surface area contributed by atoms with Crippen molar-refractivity contribution in [3.8, 4) is 0 Å². The molecular formula is C12H16N2O4. The SMILES string of the molecule is CC(C)CNC(C(=O)O)c1cccc([N+](=O)[O-])c1. The predicted molar refractivity (Wildman–Crippen MR) is 66.3 cm³/mol. The topological polar surface area (TPSA) is 92.5 Å². The summed E-state index contributed by atoms with van der Waals surface area (Å²) in [5.74, 6) is -0.748. The zero-order valence-corrected chi connectivity index (χ0v) is 10.3. The van der Waals surface area contributed by atoms with Crippen molar-refractivity contribution in [2.75, 3.05) is 6.54 Å². The van der Waals surface area contributed by atoms with Gasteiger partial charge in [-0.2, -0.15) is 0 Å². The molecule has 1 aromatic rings. The number of aliphatic carboxylic acids is 1. The molecule has 1 atom stereocenters. The normalized spacial score (nSPS) is 12.4. The fourth-order valence-electron chi connectivity index (χ4n) is 1.52. The van der Waals surface area contributed by atoms with Crippen LogP contribution in [0.25, 0.3) is 0 Å². The number of nitrogens with zero attached hydrogens (tertiary/aromatic N) is 1. The largest absolute Gasteiger partial charge is 0.480 e. The number of nitro groups is 1. The minimum absolute atomic E-state index is 0.106. The lowest BCUT2D eigenvalue weighted by molar-refractivity contribution is -0.384. The lowest BCUT2D eigenvalue weighted by Gasteiger charge is -2.16. The maximum Gasteiger partial charge on any atom is 0.325 e. The standard InChI is InChI=1S/C12H16N2O4/c1-8(2)7-13-11(12(15)16)9-4-3-5-10(6-9)14(17)18/h3-6,8,11,13H,7H2,1-2H3,(H,15,16). The highest BCUT2D eigenvalue weighted by Crippen LogP contribution is 2.19. The quantitative estimate of drug-likeness (QED) is 0.596. The molecule has 0 saturated carbocycles. The van der Waals surface area contributed by atoms with E-state index in [9.17, 15) is 14.9 Å². The molecule has 0 aliphatic rings. The highest BCUT2D eigenvalue weighted by atomic mass is 16.6. The number of nitro benzene ring substituents is 1. The molecule has 1 rings (SSSR count). The second kappa shape index (κ2) is 6.11. The Kier molecular flexibility index (Phi) is 4.79. The number of hydrogen-bond acceptors (Lipinski definition) is 4. The molecule has 6 nitrogen and oxygen atoms in total. The number of hydrogen-bond donors (Lipinski definition) is 2. The van der Waals surface area contributed by atoms with Crippen LogP contribution in [0, 0.1) is 16.0 Å². The van der Waals surface area contributed by atoms with Crippen molar-refractivity contribution >= 4 is 11.7 Å².